The Bertz CT molecular complexity index is 1210. The number of carbonyl (C=O) groups excluding carboxylic acids is 2. The topological polar surface area (TPSA) is 86.4 Å². The number of halogens is 1. The first-order valence-electron chi connectivity index (χ1n) is 11.8. The molecule has 1 aliphatic heterocycles. The molecule has 3 N–H and O–H groups in total. The lowest BCUT2D eigenvalue weighted by atomic mass is 10.1. The number of likely N-dealkylation sites (tertiary alicyclic amines) is 1. The lowest BCUT2D eigenvalue weighted by molar-refractivity contribution is -0.133. The van der Waals surface area contributed by atoms with E-state index in [2.05, 4.69) is 40.2 Å². The third kappa shape index (κ3) is 4.81. The highest BCUT2D eigenvalue weighted by atomic mass is 19.1. The van der Waals surface area contributed by atoms with E-state index in [0.29, 0.717) is 31.6 Å². The van der Waals surface area contributed by atoms with Gasteiger partial charge in [0.1, 0.15) is 5.82 Å². The molecule has 2 aromatic carbocycles. The van der Waals surface area contributed by atoms with Gasteiger partial charge in [-0.3, -0.25) is 4.79 Å². The summed E-state index contributed by atoms with van der Waals surface area (Å²) in [5.74, 6) is 0.351. The molecule has 0 spiro atoms. The van der Waals surface area contributed by atoms with Gasteiger partial charge in [-0.1, -0.05) is 24.3 Å². The smallest absolute Gasteiger partial charge is 0.319 e. The molecule has 34 heavy (non-hydrogen) atoms. The van der Waals surface area contributed by atoms with Crippen LogP contribution in [0.15, 0.2) is 54.6 Å². The number of piperidine rings is 1. The van der Waals surface area contributed by atoms with Crippen molar-refractivity contribution in [3.8, 4) is 0 Å². The molecule has 1 aromatic heterocycles. The summed E-state index contributed by atoms with van der Waals surface area (Å²) in [5.41, 5.74) is 4.28. The standard InChI is InChI=1S/C26H28FN5O2/c27-16-25(33)32-13-11-19(12-14-32)28-26(34)29-20-7-9-22-18(15-20)6-10-24(30-22)31-23-8-5-17-3-1-2-4-21(17)23/h1-4,6-7,9-10,15,19,23H,5,8,11-14,16H2,(H,30,31)(H2,28,29,34). The van der Waals surface area contributed by atoms with Gasteiger partial charge in [0.05, 0.1) is 11.6 Å². The van der Waals surface area contributed by atoms with Gasteiger partial charge in [-0.25, -0.2) is 14.2 Å². The quantitative estimate of drug-likeness (QED) is 0.525. The minimum atomic E-state index is -0.971. The van der Waals surface area contributed by atoms with Gasteiger partial charge < -0.3 is 20.9 Å². The molecule has 1 saturated heterocycles. The zero-order valence-corrected chi connectivity index (χ0v) is 18.9. The predicted octanol–water partition coefficient (Wildman–Crippen LogP) is 4.42. The second kappa shape index (κ2) is 9.67. The molecule has 0 bridgehead atoms. The number of amides is 3. The highest BCUT2D eigenvalue weighted by Gasteiger charge is 2.24. The van der Waals surface area contributed by atoms with E-state index in [9.17, 15) is 14.0 Å². The Labute approximate surface area is 197 Å². The van der Waals surface area contributed by atoms with Crippen molar-refractivity contribution in [3.63, 3.8) is 0 Å². The van der Waals surface area contributed by atoms with Crippen LogP contribution in [0.1, 0.15) is 36.4 Å². The highest BCUT2D eigenvalue weighted by molar-refractivity contribution is 5.93. The van der Waals surface area contributed by atoms with Gasteiger partial charge in [0, 0.05) is 30.2 Å². The minimum absolute atomic E-state index is 0.0415. The second-order valence-corrected chi connectivity index (χ2v) is 8.93. The van der Waals surface area contributed by atoms with Crippen LogP contribution in [0.4, 0.5) is 20.7 Å². The Morgan fingerprint density at radius 3 is 2.68 bits per heavy atom. The van der Waals surface area contributed by atoms with Gasteiger partial charge in [0.2, 0.25) is 0 Å². The number of aromatic nitrogens is 1. The largest absolute Gasteiger partial charge is 0.363 e. The molecule has 1 atom stereocenters. The number of fused-ring (bicyclic) bond motifs is 2. The molecule has 1 aliphatic carbocycles. The number of nitrogens with zero attached hydrogens (tertiary/aromatic N) is 2. The van der Waals surface area contributed by atoms with Crippen LogP contribution in [-0.2, 0) is 11.2 Å². The molecule has 176 valence electrons. The van der Waals surface area contributed by atoms with E-state index < -0.39 is 12.6 Å². The molecule has 8 heteroatoms. The predicted molar refractivity (Wildman–Crippen MR) is 131 cm³/mol. The zero-order chi connectivity index (χ0) is 23.5. The fraction of sp³-hybridized carbons (Fsp3) is 0.346. The number of pyridine rings is 1. The van der Waals surface area contributed by atoms with E-state index in [4.69, 9.17) is 4.98 Å². The Morgan fingerprint density at radius 2 is 1.85 bits per heavy atom. The van der Waals surface area contributed by atoms with Gasteiger partial charge in [-0.15, -0.1) is 0 Å². The van der Waals surface area contributed by atoms with E-state index in [-0.39, 0.29) is 18.1 Å². The van der Waals surface area contributed by atoms with Gasteiger partial charge >= 0.3 is 6.03 Å². The van der Waals surface area contributed by atoms with E-state index in [1.807, 2.05) is 30.3 Å². The maximum atomic E-state index is 12.5. The van der Waals surface area contributed by atoms with Crippen molar-refractivity contribution in [2.24, 2.45) is 0 Å². The van der Waals surface area contributed by atoms with Crippen molar-refractivity contribution in [3.05, 3.63) is 65.7 Å². The number of aryl methyl sites for hydroxylation is 1. The van der Waals surface area contributed by atoms with Crippen LogP contribution in [0.2, 0.25) is 0 Å². The van der Waals surface area contributed by atoms with Crippen LogP contribution in [0.3, 0.4) is 0 Å². The Morgan fingerprint density at radius 1 is 1.03 bits per heavy atom. The number of rotatable bonds is 5. The van der Waals surface area contributed by atoms with Crippen LogP contribution in [-0.4, -0.2) is 47.6 Å². The van der Waals surface area contributed by atoms with Crippen molar-refractivity contribution in [1.29, 1.82) is 0 Å². The third-order valence-electron chi connectivity index (χ3n) is 6.70. The first kappa shape index (κ1) is 22.1. The van der Waals surface area contributed by atoms with E-state index in [1.165, 1.54) is 16.0 Å². The molecule has 3 aromatic rings. The Hall–Kier alpha value is -3.68. The fourth-order valence-electron chi connectivity index (χ4n) is 4.88. The van der Waals surface area contributed by atoms with Crippen molar-refractivity contribution in [2.75, 3.05) is 30.4 Å². The third-order valence-corrected chi connectivity index (χ3v) is 6.70. The van der Waals surface area contributed by atoms with E-state index >= 15 is 0 Å². The maximum absolute atomic E-state index is 12.5. The zero-order valence-electron chi connectivity index (χ0n) is 18.9. The van der Waals surface area contributed by atoms with Crippen LogP contribution < -0.4 is 16.0 Å². The number of carbonyl (C=O) groups is 2. The molecule has 7 nitrogen and oxygen atoms in total. The summed E-state index contributed by atoms with van der Waals surface area (Å²) >= 11 is 0. The van der Waals surface area contributed by atoms with Crippen LogP contribution in [0.5, 0.6) is 0 Å². The molecular formula is C26H28FN5O2. The molecule has 5 rings (SSSR count). The summed E-state index contributed by atoms with van der Waals surface area (Å²) in [5, 5.41) is 10.3. The van der Waals surface area contributed by atoms with Gasteiger partial charge in [0.25, 0.3) is 5.91 Å². The average Bonchev–Trinajstić information content (AvgIpc) is 3.27. The van der Waals surface area contributed by atoms with E-state index in [0.717, 1.165) is 29.6 Å². The molecule has 2 aliphatic rings. The van der Waals surface area contributed by atoms with Crippen LogP contribution >= 0.6 is 0 Å². The molecule has 0 saturated carbocycles. The molecule has 1 fully saturated rings. The number of hydrogen-bond donors (Lipinski definition) is 3. The number of urea groups is 1. The van der Waals surface area contributed by atoms with Crippen molar-refractivity contribution in [2.45, 2.75) is 37.8 Å². The molecule has 2 heterocycles. The number of nitrogens with one attached hydrogen (secondary N) is 3. The van der Waals surface area contributed by atoms with Crippen LogP contribution in [0.25, 0.3) is 10.9 Å². The lowest BCUT2D eigenvalue weighted by Gasteiger charge is -2.31. The number of alkyl halides is 1. The van der Waals surface area contributed by atoms with Crippen molar-refractivity contribution >= 4 is 34.3 Å². The van der Waals surface area contributed by atoms with Crippen molar-refractivity contribution in [1.82, 2.24) is 15.2 Å². The minimum Gasteiger partial charge on any atom is -0.363 e. The number of anilines is 2. The fourth-order valence-corrected chi connectivity index (χ4v) is 4.88. The van der Waals surface area contributed by atoms with Gasteiger partial charge in [-0.05, 0) is 67.1 Å². The first-order valence-corrected chi connectivity index (χ1v) is 11.8. The molecule has 0 radical (unpaired) electrons. The SMILES string of the molecule is O=C(Nc1ccc2nc(NC3CCc4ccccc43)ccc2c1)NC1CCN(C(=O)CF)CC1. The average molecular weight is 462 g/mol. The summed E-state index contributed by atoms with van der Waals surface area (Å²) in [6.45, 7) is -0.0577. The molecular weight excluding hydrogens is 433 g/mol. The van der Waals surface area contributed by atoms with Gasteiger partial charge in [-0.2, -0.15) is 0 Å². The second-order valence-electron chi connectivity index (χ2n) is 8.93. The summed E-state index contributed by atoms with van der Waals surface area (Å²) in [6, 6.07) is 18.1. The summed E-state index contributed by atoms with van der Waals surface area (Å²) in [6.07, 6.45) is 3.36. The highest BCUT2D eigenvalue weighted by Crippen LogP contribution is 2.33. The molecule has 3 amide bonds. The monoisotopic (exact) mass is 461 g/mol. The summed E-state index contributed by atoms with van der Waals surface area (Å²) in [7, 11) is 0. The Kier molecular flexibility index (Phi) is 6.29. The Balaban J connectivity index is 1.18. The maximum Gasteiger partial charge on any atom is 0.319 e. The van der Waals surface area contributed by atoms with Crippen molar-refractivity contribution < 1.29 is 14.0 Å². The molecule has 1 unspecified atom stereocenters. The van der Waals surface area contributed by atoms with Crippen LogP contribution in [0, 0.1) is 0 Å². The van der Waals surface area contributed by atoms with Gasteiger partial charge in [0.15, 0.2) is 6.67 Å². The summed E-state index contributed by atoms with van der Waals surface area (Å²) in [4.78, 5) is 30.1. The summed E-state index contributed by atoms with van der Waals surface area (Å²) < 4.78 is 12.5. The number of hydrogen-bond acceptors (Lipinski definition) is 4. The lowest BCUT2D eigenvalue weighted by Crippen LogP contribution is -2.47. The first-order chi connectivity index (χ1) is 16.6. The van der Waals surface area contributed by atoms with E-state index in [1.54, 1.807) is 0 Å². The number of benzene rings is 2. The normalized spacial score (nSPS) is 17.9.